The van der Waals surface area contributed by atoms with Gasteiger partial charge in [-0.3, -0.25) is 4.79 Å². The normalized spacial score (nSPS) is 17.7. The number of hydrogen-bond acceptors (Lipinski definition) is 2. The van der Waals surface area contributed by atoms with Crippen LogP contribution in [0.5, 0.6) is 0 Å². The average Bonchev–Trinajstić information content (AvgIpc) is 2.89. The first-order valence-electron chi connectivity index (χ1n) is 7.23. The van der Waals surface area contributed by atoms with Gasteiger partial charge in [-0.15, -0.1) is 0 Å². The van der Waals surface area contributed by atoms with Gasteiger partial charge in [0.05, 0.1) is 6.61 Å². The van der Waals surface area contributed by atoms with E-state index < -0.39 is 0 Å². The Hall–Kier alpha value is -2.35. The number of carbonyl (C=O) groups excluding carboxylic acids is 1. The third kappa shape index (κ3) is 2.89. The molecule has 1 aliphatic heterocycles. The predicted molar refractivity (Wildman–Crippen MR) is 83.1 cm³/mol. The van der Waals surface area contributed by atoms with Crippen LogP contribution in [0.2, 0.25) is 0 Å². The number of Topliss-reactive ketones (excluding diaryl/α,β-unsaturated/α-hetero) is 1. The molecule has 0 fully saturated rings. The number of hydrogen-bond donors (Lipinski definition) is 0. The molecule has 0 N–H and O–H groups in total. The molecule has 1 aliphatic rings. The first-order valence-corrected chi connectivity index (χ1v) is 7.23. The minimum atomic E-state index is 0.0894. The molecule has 2 aromatic rings. The number of carbonyl (C=O) groups is 1. The number of rotatable bonds is 4. The summed E-state index contributed by atoms with van der Waals surface area (Å²) in [5.74, 6) is 0.997. The van der Waals surface area contributed by atoms with E-state index in [9.17, 15) is 4.79 Å². The van der Waals surface area contributed by atoms with E-state index in [-0.39, 0.29) is 11.7 Å². The Kier molecular flexibility index (Phi) is 3.87. The van der Waals surface area contributed by atoms with Crippen LogP contribution in [0.1, 0.15) is 22.8 Å². The van der Waals surface area contributed by atoms with Gasteiger partial charge in [-0.05, 0) is 18.9 Å². The molecule has 21 heavy (non-hydrogen) atoms. The highest BCUT2D eigenvalue weighted by Gasteiger charge is 2.30. The summed E-state index contributed by atoms with van der Waals surface area (Å²) in [7, 11) is 0. The first-order chi connectivity index (χ1) is 10.3. The molecule has 3 rings (SSSR count). The number of allylic oxidation sites excluding steroid dienone is 1. The number of ketones is 1. The highest BCUT2D eigenvalue weighted by Crippen LogP contribution is 2.30. The van der Waals surface area contributed by atoms with Gasteiger partial charge in [0.25, 0.3) is 0 Å². The molecule has 0 aliphatic carbocycles. The molecular formula is C19H18O2. The highest BCUT2D eigenvalue weighted by molar-refractivity contribution is 6.09. The molecule has 0 spiro atoms. The van der Waals surface area contributed by atoms with Gasteiger partial charge in [-0.25, -0.2) is 0 Å². The minimum absolute atomic E-state index is 0.0894. The van der Waals surface area contributed by atoms with Crippen LogP contribution in [0.25, 0.3) is 0 Å². The number of ether oxygens (including phenoxy) is 1. The van der Waals surface area contributed by atoms with Gasteiger partial charge in [0, 0.05) is 17.1 Å². The van der Waals surface area contributed by atoms with E-state index >= 15 is 0 Å². The molecule has 2 nitrogen and oxygen atoms in total. The van der Waals surface area contributed by atoms with Crippen LogP contribution in [-0.2, 0) is 11.2 Å². The van der Waals surface area contributed by atoms with Crippen LogP contribution in [0.15, 0.2) is 72.0 Å². The molecule has 0 bridgehead atoms. The Morgan fingerprint density at radius 1 is 1.05 bits per heavy atom. The molecule has 1 atom stereocenters. The van der Waals surface area contributed by atoms with E-state index in [1.54, 1.807) is 0 Å². The van der Waals surface area contributed by atoms with E-state index in [2.05, 4.69) is 12.1 Å². The van der Waals surface area contributed by atoms with Gasteiger partial charge < -0.3 is 4.74 Å². The molecule has 2 aromatic carbocycles. The van der Waals surface area contributed by atoms with Crippen molar-refractivity contribution in [3.05, 3.63) is 83.1 Å². The lowest BCUT2D eigenvalue weighted by atomic mass is 9.88. The maximum absolute atomic E-state index is 12.7. The van der Waals surface area contributed by atoms with Gasteiger partial charge in [0.2, 0.25) is 0 Å². The van der Waals surface area contributed by atoms with Crippen LogP contribution in [-0.4, -0.2) is 12.4 Å². The van der Waals surface area contributed by atoms with E-state index in [4.69, 9.17) is 4.74 Å². The zero-order valence-corrected chi connectivity index (χ0v) is 12.1. The fraction of sp³-hybridized carbons (Fsp3) is 0.211. The Balaban J connectivity index is 1.85. The molecule has 2 heteroatoms. The third-order valence-electron chi connectivity index (χ3n) is 3.89. The zero-order chi connectivity index (χ0) is 14.7. The van der Waals surface area contributed by atoms with Crippen molar-refractivity contribution < 1.29 is 9.53 Å². The van der Waals surface area contributed by atoms with Crippen molar-refractivity contribution in [2.24, 2.45) is 5.92 Å². The molecule has 1 heterocycles. The second-order valence-corrected chi connectivity index (χ2v) is 5.36. The van der Waals surface area contributed by atoms with E-state index in [0.717, 1.165) is 23.3 Å². The summed E-state index contributed by atoms with van der Waals surface area (Å²) in [6, 6.07) is 19.7. The second kappa shape index (κ2) is 5.96. The third-order valence-corrected chi connectivity index (χ3v) is 3.89. The van der Waals surface area contributed by atoms with E-state index in [0.29, 0.717) is 6.61 Å². The van der Waals surface area contributed by atoms with Crippen molar-refractivity contribution in [2.75, 3.05) is 6.61 Å². The summed E-state index contributed by atoms with van der Waals surface area (Å²) in [4.78, 5) is 12.7. The Morgan fingerprint density at radius 2 is 1.67 bits per heavy atom. The number of benzene rings is 2. The van der Waals surface area contributed by atoms with Crippen molar-refractivity contribution in [3.8, 4) is 0 Å². The van der Waals surface area contributed by atoms with Crippen molar-refractivity contribution in [1.82, 2.24) is 0 Å². The first kappa shape index (κ1) is 13.6. The summed E-state index contributed by atoms with van der Waals surface area (Å²) in [5.41, 5.74) is 2.79. The molecule has 106 valence electrons. The molecule has 1 unspecified atom stereocenters. The molecule has 0 radical (unpaired) electrons. The summed E-state index contributed by atoms with van der Waals surface area (Å²) in [6.07, 6.45) is 0.839. The van der Waals surface area contributed by atoms with Gasteiger partial charge in [0.1, 0.15) is 5.76 Å². The van der Waals surface area contributed by atoms with E-state index in [1.165, 1.54) is 5.56 Å². The summed E-state index contributed by atoms with van der Waals surface area (Å²) in [6.45, 7) is 2.48. The van der Waals surface area contributed by atoms with Crippen LogP contribution < -0.4 is 0 Å². The molecule has 0 saturated heterocycles. The summed E-state index contributed by atoms with van der Waals surface area (Å²) >= 11 is 0. The SMILES string of the molecule is CC1=C(C(=O)c2ccccc2)C(Cc2ccccc2)CO1. The quantitative estimate of drug-likeness (QED) is 0.789. The zero-order valence-electron chi connectivity index (χ0n) is 12.1. The fourth-order valence-corrected chi connectivity index (χ4v) is 2.82. The molecule has 0 aromatic heterocycles. The Morgan fingerprint density at radius 3 is 2.33 bits per heavy atom. The molecule has 0 amide bonds. The monoisotopic (exact) mass is 278 g/mol. The van der Waals surface area contributed by atoms with Crippen molar-refractivity contribution in [2.45, 2.75) is 13.3 Å². The summed E-state index contributed by atoms with van der Waals surface area (Å²) < 4.78 is 5.65. The van der Waals surface area contributed by atoms with Crippen LogP contribution in [0, 0.1) is 5.92 Å². The smallest absolute Gasteiger partial charge is 0.192 e. The highest BCUT2D eigenvalue weighted by atomic mass is 16.5. The van der Waals surface area contributed by atoms with Crippen LogP contribution in [0.4, 0.5) is 0 Å². The Labute approximate surface area is 125 Å². The molecular weight excluding hydrogens is 260 g/mol. The lowest BCUT2D eigenvalue weighted by Gasteiger charge is -2.12. The van der Waals surface area contributed by atoms with Crippen LogP contribution >= 0.6 is 0 Å². The van der Waals surface area contributed by atoms with Gasteiger partial charge in [0.15, 0.2) is 5.78 Å². The predicted octanol–water partition coefficient (Wildman–Crippen LogP) is 4.03. The largest absolute Gasteiger partial charge is 0.497 e. The minimum Gasteiger partial charge on any atom is -0.497 e. The molecule has 0 saturated carbocycles. The van der Waals surface area contributed by atoms with Gasteiger partial charge >= 0.3 is 0 Å². The standard InChI is InChI=1S/C19H18O2/c1-14-18(19(20)16-10-6-3-7-11-16)17(13-21-14)12-15-8-4-2-5-9-15/h2-11,17H,12-13H2,1H3. The van der Waals surface area contributed by atoms with Crippen molar-refractivity contribution >= 4 is 5.78 Å². The van der Waals surface area contributed by atoms with E-state index in [1.807, 2.05) is 55.5 Å². The maximum Gasteiger partial charge on any atom is 0.192 e. The average molecular weight is 278 g/mol. The van der Waals surface area contributed by atoms with Crippen molar-refractivity contribution in [1.29, 1.82) is 0 Å². The van der Waals surface area contributed by atoms with Crippen LogP contribution in [0.3, 0.4) is 0 Å². The fourth-order valence-electron chi connectivity index (χ4n) is 2.82. The lowest BCUT2D eigenvalue weighted by Crippen LogP contribution is -2.15. The van der Waals surface area contributed by atoms with Gasteiger partial charge in [-0.1, -0.05) is 60.7 Å². The Bertz CT molecular complexity index is 656. The maximum atomic E-state index is 12.7. The van der Waals surface area contributed by atoms with Crippen molar-refractivity contribution in [3.63, 3.8) is 0 Å². The lowest BCUT2D eigenvalue weighted by molar-refractivity contribution is 0.102. The topological polar surface area (TPSA) is 26.3 Å². The van der Waals surface area contributed by atoms with Gasteiger partial charge in [-0.2, -0.15) is 0 Å². The second-order valence-electron chi connectivity index (χ2n) is 5.36. The summed E-state index contributed by atoms with van der Waals surface area (Å²) in [5, 5.41) is 0.